The number of hydrogen-bond acceptors (Lipinski definition) is 3. The summed E-state index contributed by atoms with van der Waals surface area (Å²) in [5.41, 5.74) is 3.10. The average molecular weight is 284 g/mol. The van der Waals surface area contributed by atoms with Crippen molar-refractivity contribution in [1.29, 1.82) is 0 Å². The molecule has 0 aliphatic carbocycles. The van der Waals surface area contributed by atoms with Crippen LogP contribution >= 0.6 is 0 Å². The van der Waals surface area contributed by atoms with Gasteiger partial charge in [0.25, 0.3) is 0 Å². The summed E-state index contributed by atoms with van der Waals surface area (Å²) in [4.78, 5) is 0. The van der Waals surface area contributed by atoms with Crippen LogP contribution in [0.15, 0.2) is 49.0 Å². The van der Waals surface area contributed by atoms with Crippen LogP contribution in [0, 0.1) is 6.92 Å². The third-order valence-electron chi connectivity index (χ3n) is 3.23. The predicted molar refractivity (Wildman–Crippen MR) is 85.0 cm³/mol. The average Bonchev–Trinajstić information content (AvgIpc) is 2.47. The molecule has 0 bridgehead atoms. The summed E-state index contributed by atoms with van der Waals surface area (Å²) in [5.74, 6) is 1.27. The van der Waals surface area contributed by atoms with Crippen LogP contribution in [-0.2, 0) is 6.42 Å². The first-order valence-corrected chi connectivity index (χ1v) is 6.85. The smallest absolute Gasteiger partial charge is 0.161 e. The molecule has 0 aliphatic rings. The molecule has 0 spiro atoms. The van der Waals surface area contributed by atoms with E-state index in [0.29, 0.717) is 23.7 Å². The molecule has 3 heteroatoms. The van der Waals surface area contributed by atoms with Crippen molar-refractivity contribution in [3.8, 4) is 11.5 Å². The molecule has 0 amide bonds. The number of benzene rings is 2. The van der Waals surface area contributed by atoms with Crippen LogP contribution in [0.1, 0.15) is 16.7 Å². The van der Waals surface area contributed by atoms with Gasteiger partial charge in [0, 0.05) is 12.0 Å². The fourth-order valence-corrected chi connectivity index (χ4v) is 2.12. The van der Waals surface area contributed by atoms with Crippen molar-refractivity contribution >= 4 is 5.76 Å². The Bertz CT molecular complexity index is 632. The minimum atomic E-state index is 0.0150. The van der Waals surface area contributed by atoms with Crippen molar-refractivity contribution in [2.45, 2.75) is 13.3 Å². The Morgan fingerprint density at radius 2 is 1.95 bits per heavy atom. The monoisotopic (exact) mass is 284 g/mol. The van der Waals surface area contributed by atoms with Gasteiger partial charge in [0.2, 0.25) is 0 Å². The molecular formula is C18H20O3. The molecule has 0 radical (unpaired) electrons. The first kappa shape index (κ1) is 15.0. The lowest BCUT2D eigenvalue weighted by atomic mass is 10.1. The molecule has 0 aromatic heterocycles. The van der Waals surface area contributed by atoms with E-state index in [4.69, 9.17) is 9.47 Å². The number of aliphatic hydroxyl groups is 1. The number of rotatable bonds is 6. The number of ether oxygens (including phenoxy) is 2. The van der Waals surface area contributed by atoms with Crippen molar-refractivity contribution in [3.05, 3.63) is 65.7 Å². The Labute approximate surface area is 125 Å². The molecule has 0 fully saturated rings. The normalized spacial score (nSPS) is 10.2. The largest absolute Gasteiger partial charge is 0.508 e. The summed E-state index contributed by atoms with van der Waals surface area (Å²) >= 11 is 0. The highest BCUT2D eigenvalue weighted by Crippen LogP contribution is 2.29. The lowest BCUT2D eigenvalue weighted by Crippen LogP contribution is -2.03. The highest BCUT2D eigenvalue weighted by molar-refractivity contribution is 5.60. The first-order chi connectivity index (χ1) is 10.1. The molecule has 110 valence electrons. The first-order valence-electron chi connectivity index (χ1n) is 6.85. The molecule has 1 N–H and O–H groups in total. The predicted octanol–water partition coefficient (Wildman–Crippen LogP) is 4.15. The Hall–Kier alpha value is -2.42. The van der Waals surface area contributed by atoms with Crippen molar-refractivity contribution < 1.29 is 14.6 Å². The van der Waals surface area contributed by atoms with Crippen LogP contribution in [-0.4, -0.2) is 18.8 Å². The van der Waals surface area contributed by atoms with Crippen molar-refractivity contribution in [2.24, 2.45) is 0 Å². The van der Waals surface area contributed by atoms with Crippen molar-refractivity contribution in [2.75, 3.05) is 13.7 Å². The maximum absolute atomic E-state index is 9.45. The second-order valence-electron chi connectivity index (χ2n) is 4.90. The minimum Gasteiger partial charge on any atom is -0.508 e. The minimum absolute atomic E-state index is 0.0150. The van der Waals surface area contributed by atoms with E-state index < -0.39 is 0 Å². The Balaban J connectivity index is 2.05. The third-order valence-corrected chi connectivity index (χ3v) is 3.23. The van der Waals surface area contributed by atoms with Crippen LogP contribution in [0.2, 0.25) is 0 Å². The third kappa shape index (κ3) is 4.02. The van der Waals surface area contributed by atoms with E-state index in [0.717, 1.165) is 6.42 Å². The van der Waals surface area contributed by atoms with Gasteiger partial charge in [-0.1, -0.05) is 36.4 Å². The van der Waals surface area contributed by atoms with Gasteiger partial charge in [0.1, 0.15) is 5.76 Å². The van der Waals surface area contributed by atoms with Gasteiger partial charge < -0.3 is 14.6 Å². The molecule has 0 aliphatic heterocycles. The highest BCUT2D eigenvalue weighted by atomic mass is 16.5. The van der Waals surface area contributed by atoms with E-state index >= 15 is 0 Å². The van der Waals surface area contributed by atoms with Crippen LogP contribution in [0.3, 0.4) is 0 Å². The molecule has 2 aromatic carbocycles. The van der Waals surface area contributed by atoms with E-state index in [1.807, 2.05) is 6.07 Å². The van der Waals surface area contributed by atoms with Gasteiger partial charge in [-0.2, -0.15) is 0 Å². The second-order valence-corrected chi connectivity index (χ2v) is 4.90. The number of aliphatic hydroxyl groups excluding tert-OH is 1. The highest BCUT2D eigenvalue weighted by Gasteiger charge is 2.07. The fourth-order valence-electron chi connectivity index (χ4n) is 2.12. The van der Waals surface area contributed by atoms with E-state index in [9.17, 15) is 5.11 Å². The molecule has 21 heavy (non-hydrogen) atoms. The van der Waals surface area contributed by atoms with Crippen LogP contribution in [0.4, 0.5) is 0 Å². The molecule has 0 atom stereocenters. The van der Waals surface area contributed by atoms with E-state index in [-0.39, 0.29) is 5.76 Å². The lowest BCUT2D eigenvalue weighted by Gasteiger charge is -2.12. The van der Waals surface area contributed by atoms with Gasteiger partial charge in [0.05, 0.1) is 13.7 Å². The quantitative estimate of drug-likeness (QED) is 0.810. The molecule has 2 aromatic rings. The molecule has 2 rings (SSSR count). The summed E-state index contributed by atoms with van der Waals surface area (Å²) in [7, 11) is 1.59. The lowest BCUT2D eigenvalue weighted by molar-refractivity contribution is 0.297. The molecule has 0 saturated carbocycles. The molecule has 3 nitrogen and oxygen atoms in total. The standard InChI is InChI=1S/C18H20O3/c1-13-5-4-6-15(11-13)9-10-21-18-12-16(14(2)19)7-8-17(18)20-3/h4-8,11-12,19H,2,9-10H2,1,3H3. The maximum atomic E-state index is 9.45. The molecule has 0 saturated heterocycles. The second kappa shape index (κ2) is 6.84. The van der Waals surface area contributed by atoms with Gasteiger partial charge in [-0.3, -0.25) is 0 Å². The van der Waals surface area contributed by atoms with Gasteiger partial charge in [0.15, 0.2) is 11.5 Å². The number of aryl methyl sites for hydroxylation is 1. The van der Waals surface area contributed by atoms with Crippen molar-refractivity contribution in [3.63, 3.8) is 0 Å². The number of hydrogen-bond donors (Lipinski definition) is 1. The van der Waals surface area contributed by atoms with E-state index in [1.54, 1.807) is 25.3 Å². The summed E-state index contributed by atoms with van der Waals surface area (Å²) in [6.07, 6.45) is 0.815. The summed E-state index contributed by atoms with van der Waals surface area (Å²) < 4.78 is 11.1. The van der Waals surface area contributed by atoms with Gasteiger partial charge in [-0.05, 0) is 30.7 Å². The van der Waals surface area contributed by atoms with Crippen LogP contribution < -0.4 is 9.47 Å². The van der Waals surface area contributed by atoms with Gasteiger partial charge in [-0.15, -0.1) is 0 Å². The Morgan fingerprint density at radius 1 is 1.14 bits per heavy atom. The maximum Gasteiger partial charge on any atom is 0.161 e. The van der Waals surface area contributed by atoms with Gasteiger partial charge in [-0.25, -0.2) is 0 Å². The molecule has 0 heterocycles. The zero-order chi connectivity index (χ0) is 15.2. The Morgan fingerprint density at radius 3 is 2.62 bits per heavy atom. The zero-order valence-electron chi connectivity index (χ0n) is 12.4. The van der Waals surface area contributed by atoms with E-state index in [1.165, 1.54) is 11.1 Å². The SMILES string of the molecule is C=C(O)c1ccc(OC)c(OCCc2cccc(C)c2)c1. The summed E-state index contributed by atoms with van der Waals surface area (Å²) in [5, 5.41) is 9.45. The van der Waals surface area contributed by atoms with Crippen LogP contribution in [0.5, 0.6) is 11.5 Å². The Kier molecular flexibility index (Phi) is 4.88. The zero-order valence-corrected chi connectivity index (χ0v) is 12.4. The molecular weight excluding hydrogens is 264 g/mol. The molecule has 0 unspecified atom stereocenters. The number of methoxy groups -OCH3 is 1. The van der Waals surface area contributed by atoms with Crippen molar-refractivity contribution in [1.82, 2.24) is 0 Å². The topological polar surface area (TPSA) is 38.7 Å². The summed E-state index contributed by atoms with van der Waals surface area (Å²) in [6, 6.07) is 13.6. The van der Waals surface area contributed by atoms with Crippen LogP contribution in [0.25, 0.3) is 5.76 Å². The van der Waals surface area contributed by atoms with E-state index in [2.05, 4.69) is 31.7 Å². The van der Waals surface area contributed by atoms with Gasteiger partial charge >= 0.3 is 0 Å². The summed E-state index contributed by atoms with van der Waals surface area (Å²) in [6.45, 7) is 6.13. The fraction of sp³-hybridized carbons (Fsp3) is 0.222.